The van der Waals surface area contributed by atoms with Crippen molar-refractivity contribution in [2.24, 2.45) is 0 Å². The van der Waals surface area contributed by atoms with Gasteiger partial charge in [0.1, 0.15) is 0 Å². The number of unbranched alkanes of at least 4 members (excludes halogenated alkanes) is 30. The summed E-state index contributed by atoms with van der Waals surface area (Å²) in [5, 5.41) is 22.9. The summed E-state index contributed by atoms with van der Waals surface area (Å²) >= 11 is 0. The van der Waals surface area contributed by atoms with Crippen molar-refractivity contribution in [1.82, 2.24) is 5.32 Å². The van der Waals surface area contributed by atoms with Gasteiger partial charge < -0.3 is 15.5 Å². The van der Waals surface area contributed by atoms with E-state index in [1.807, 2.05) is 6.08 Å². The number of amides is 1. The molecule has 4 heteroatoms. The number of rotatable bonds is 37. The van der Waals surface area contributed by atoms with Gasteiger partial charge in [-0.2, -0.15) is 0 Å². The summed E-state index contributed by atoms with van der Waals surface area (Å²) in [5.74, 6) is -0.0609. The van der Waals surface area contributed by atoms with Crippen molar-refractivity contribution >= 4 is 5.91 Å². The van der Waals surface area contributed by atoms with Gasteiger partial charge in [0.05, 0.1) is 18.8 Å². The van der Waals surface area contributed by atoms with Gasteiger partial charge in [0.15, 0.2) is 0 Å². The first-order valence-corrected chi connectivity index (χ1v) is 20.4. The second kappa shape index (κ2) is 37.6. The molecule has 0 aromatic heterocycles. The molecule has 0 fully saturated rings. The van der Waals surface area contributed by atoms with Crippen LogP contribution in [0.15, 0.2) is 12.2 Å². The molecular formula is C41H81NO3. The summed E-state index contributed by atoms with van der Waals surface area (Å²) < 4.78 is 0. The maximum atomic E-state index is 12.3. The van der Waals surface area contributed by atoms with Crippen molar-refractivity contribution in [3.63, 3.8) is 0 Å². The molecule has 1 amide bonds. The van der Waals surface area contributed by atoms with Gasteiger partial charge in [0.2, 0.25) is 5.91 Å². The van der Waals surface area contributed by atoms with E-state index in [0.29, 0.717) is 6.42 Å². The molecule has 0 spiro atoms. The molecule has 0 heterocycles. The van der Waals surface area contributed by atoms with E-state index in [0.717, 1.165) is 25.7 Å². The molecule has 2 atom stereocenters. The number of carbonyl (C=O) groups is 1. The molecule has 0 aliphatic rings. The van der Waals surface area contributed by atoms with Gasteiger partial charge in [-0.15, -0.1) is 0 Å². The van der Waals surface area contributed by atoms with Crippen LogP contribution in [-0.2, 0) is 4.79 Å². The van der Waals surface area contributed by atoms with E-state index >= 15 is 0 Å². The second-order valence-electron chi connectivity index (χ2n) is 14.1. The third kappa shape index (κ3) is 34.3. The highest BCUT2D eigenvalue weighted by molar-refractivity contribution is 5.76. The number of aliphatic hydroxyl groups excluding tert-OH is 2. The smallest absolute Gasteiger partial charge is 0.220 e. The Bertz CT molecular complexity index is 608. The number of hydrogen-bond donors (Lipinski definition) is 3. The lowest BCUT2D eigenvalue weighted by atomic mass is 10.0. The van der Waals surface area contributed by atoms with Crippen LogP contribution in [0.5, 0.6) is 0 Å². The number of nitrogens with one attached hydrogen (secondary N) is 1. The third-order valence-electron chi connectivity index (χ3n) is 9.52. The fraction of sp³-hybridized carbons (Fsp3) is 0.927. The summed E-state index contributed by atoms with van der Waals surface area (Å²) in [5.41, 5.74) is 0. The minimum atomic E-state index is -0.832. The first-order chi connectivity index (χ1) is 22.2. The van der Waals surface area contributed by atoms with Crippen LogP contribution in [0.4, 0.5) is 0 Å². The van der Waals surface area contributed by atoms with Gasteiger partial charge >= 0.3 is 0 Å². The summed E-state index contributed by atoms with van der Waals surface area (Å²) in [6.45, 7) is 4.31. The van der Waals surface area contributed by atoms with Gasteiger partial charge in [-0.25, -0.2) is 0 Å². The lowest BCUT2D eigenvalue weighted by Gasteiger charge is -2.20. The van der Waals surface area contributed by atoms with E-state index in [4.69, 9.17) is 0 Å². The Morgan fingerprint density at radius 3 is 1.16 bits per heavy atom. The van der Waals surface area contributed by atoms with Crippen molar-refractivity contribution in [2.75, 3.05) is 6.61 Å². The molecule has 4 nitrogen and oxygen atoms in total. The number of aliphatic hydroxyl groups is 2. The van der Waals surface area contributed by atoms with Crippen molar-refractivity contribution < 1.29 is 15.0 Å². The van der Waals surface area contributed by atoms with Crippen LogP contribution in [0, 0.1) is 0 Å². The van der Waals surface area contributed by atoms with Gasteiger partial charge in [-0.05, 0) is 19.3 Å². The molecule has 0 rings (SSSR count). The SMILES string of the molecule is CCCCCCCCCCCCCC=C[C@H](O)[C@@H](CO)NC(=O)CCCCCCCCCCCCCCCCCCCCCC. The minimum absolute atomic E-state index is 0.0609. The van der Waals surface area contributed by atoms with Crippen LogP contribution in [0.3, 0.4) is 0 Å². The highest BCUT2D eigenvalue weighted by atomic mass is 16.3. The maximum Gasteiger partial charge on any atom is 0.220 e. The Morgan fingerprint density at radius 2 is 0.822 bits per heavy atom. The second-order valence-corrected chi connectivity index (χ2v) is 14.1. The number of hydrogen-bond acceptors (Lipinski definition) is 3. The molecule has 268 valence electrons. The summed E-state index contributed by atoms with van der Waals surface area (Å²) in [4.78, 5) is 12.3. The first kappa shape index (κ1) is 44.1. The number of carbonyl (C=O) groups excluding carboxylic acids is 1. The van der Waals surface area contributed by atoms with E-state index in [1.165, 1.54) is 180 Å². The van der Waals surface area contributed by atoms with Crippen molar-refractivity contribution in [3.8, 4) is 0 Å². The molecule has 0 saturated heterocycles. The predicted octanol–water partition coefficient (Wildman–Crippen LogP) is 12.3. The third-order valence-corrected chi connectivity index (χ3v) is 9.52. The zero-order valence-electron chi connectivity index (χ0n) is 30.7. The van der Waals surface area contributed by atoms with E-state index < -0.39 is 12.1 Å². The monoisotopic (exact) mass is 636 g/mol. The molecule has 0 aliphatic carbocycles. The largest absolute Gasteiger partial charge is 0.394 e. The molecule has 0 radical (unpaired) electrons. The lowest BCUT2D eigenvalue weighted by Crippen LogP contribution is -2.45. The number of allylic oxidation sites excluding steroid dienone is 1. The Hall–Kier alpha value is -0.870. The topological polar surface area (TPSA) is 69.6 Å². The highest BCUT2D eigenvalue weighted by Gasteiger charge is 2.17. The van der Waals surface area contributed by atoms with Crippen molar-refractivity contribution in [3.05, 3.63) is 12.2 Å². The standard InChI is InChI=1S/C41H81NO3/c1-3-5-7-9-11-13-15-17-18-19-20-21-22-23-25-27-29-31-33-35-37-41(45)42-39(38-43)40(44)36-34-32-30-28-26-24-16-14-12-10-8-6-4-2/h34,36,39-40,43-44H,3-33,35,37-38H2,1-2H3,(H,42,45)/t39-,40+/m1/s1. The van der Waals surface area contributed by atoms with Crippen LogP contribution in [0.1, 0.15) is 226 Å². The Balaban J connectivity index is 3.52. The fourth-order valence-corrected chi connectivity index (χ4v) is 6.35. The van der Waals surface area contributed by atoms with Crippen molar-refractivity contribution in [1.29, 1.82) is 0 Å². The van der Waals surface area contributed by atoms with Crippen molar-refractivity contribution in [2.45, 2.75) is 238 Å². The van der Waals surface area contributed by atoms with E-state index in [-0.39, 0.29) is 12.5 Å². The average molecular weight is 636 g/mol. The van der Waals surface area contributed by atoms with Crippen LogP contribution in [0.2, 0.25) is 0 Å². The molecule has 0 aromatic rings. The average Bonchev–Trinajstić information content (AvgIpc) is 3.04. The van der Waals surface area contributed by atoms with Gasteiger partial charge in [0.25, 0.3) is 0 Å². The first-order valence-electron chi connectivity index (χ1n) is 20.4. The molecule has 0 aliphatic heterocycles. The quantitative estimate of drug-likeness (QED) is 0.0470. The molecular weight excluding hydrogens is 554 g/mol. The van der Waals surface area contributed by atoms with Gasteiger partial charge in [-0.3, -0.25) is 4.79 Å². The molecule has 3 N–H and O–H groups in total. The van der Waals surface area contributed by atoms with Gasteiger partial charge in [-0.1, -0.05) is 212 Å². The normalized spacial score (nSPS) is 13.1. The van der Waals surface area contributed by atoms with E-state index in [1.54, 1.807) is 6.08 Å². The Morgan fingerprint density at radius 1 is 0.511 bits per heavy atom. The zero-order valence-corrected chi connectivity index (χ0v) is 30.7. The molecule has 0 saturated carbocycles. The summed E-state index contributed by atoms with van der Waals surface area (Å²) in [7, 11) is 0. The molecule has 45 heavy (non-hydrogen) atoms. The maximum absolute atomic E-state index is 12.3. The minimum Gasteiger partial charge on any atom is -0.394 e. The highest BCUT2D eigenvalue weighted by Crippen LogP contribution is 2.16. The fourth-order valence-electron chi connectivity index (χ4n) is 6.35. The lowest BCUT2D eigenvalue weighted by molar-refractivity contribution is -0.123. The molecule has 0 unspecified atom stereocenters. The molecule has 0 aromatic carbocycles. The van der Waals surface area contributed by atoms with Crippen LogP contribution in [0.25, 0.3) is 0 Å². The van der Waals surface area contributed by atoms with E-state index in [2.05, 4.69) is 19.2 Å². The summed E-state index contributed by atoms with van der Waals surface area (Å²) in [6, 6.07) is -0.615. The van der Waals surface area contributed by atoms with Crippen LogP contribution in [-0.4, -0.2) is 34.9 Å². The summed E-state index contributed by atoms with van der Waals surface area (Å²) in [6.07, 6.45) is 45.9. The van der Waals surface area contributed by atoms with E-state index in [9.17, 15) is 15.0 Å². The zero-order chi connectivity index (χ0) is 32.9. The van der Waals surface area contributed by atoms with Crippen LogP contribution >= 0.6 is 0 Å². The molecule has 0 bridgehead atoms. The Labute approximate surface area is 282 Å². The predicted molar refractivity (Wildman–Crippen MR) is 198 cm³/mol. The Kier molecular flexibility index (Phi) is 36.9. The van der Waals surface area contributed by atoms with Gasteiger partial charge in [0, 0.05) is 6.42 Å². The van der Waals surface area contributed by atoms with Crippen LogP contribution < -0.4 is 5.32 Å².